The van der Waals surface area contributed by atoms with Crippen LogP contribution < -0.4 is 4.74 Å². The molecule has 0 amide bonds. The second-order valence-electron chi connectivity index (χ2n) is 3.01. The minimum absolute atomic E-state index is 0.0353. The Hall–Kier alpha value is -1.22. The van der Waals surface area contributed by atoms with Crippen LogP contribution in [0.5, 0.6) is 11.5 Å². The van der Waals surface area contributed by atoms with Gasteiger partial charge in [-0.3, -0.25) is 0 Å². The summed E-state index contributed by atoms with van der Waals surface area (Å²) in [5.41, 5.74) is 2.44. The molecular formula is C10H14O3. The van der Waals surface area contributed by atoms with E-state index in [-0.39, 0.29) is 12.4 Å². The molecule has 0 radical (unpaired) electrons. The summed E-state index contributed by atoms with van der Waals surface area (Å²) in [5, 5.41) is 18.6. The lowest BCUT2D eigenvalue weighted by Gasteiger charge is -2.12. The average molecular weight is 182 g/mol. The van der Waals surface area contributed by atoms with E-state index in [0.29, 0.717) is 11.3 Å². The zero-order chi connectivity index (χ0) is 10.0. The van der Waals surface area contributed by atoms with Gasteiger partial charge < -0.3 is 14.9 Å². The lowest BCUT2D eigenvalue weighted by molar-refractivity contribution is 0.271. The van der Waals surface area contributed by atoms with Crippen LogP contribution in [0, 0.1) is 13.8 Å². The van der Waals surface area contributed by atoms with E-state index in [2.05, 4.69) is 0 Å². The third-order valence-electron chi connectivity index (χ3n) is 2.29. The first kappa shape index (κ1) is 9.86. The molecule has 3 nitrogen and oxygen atoms in total. The molecule has 3 heteroatoms. The molecule has 13 heavy (non-hydrogen) atoms. The van der Waals surface area contributed by atoms with Crippen LogP contribution in [0.2, 0.25) is 0 Å². The maximum atomic E-state index is 9.61. The van der Waals surface area contributed by atoms with E-state index in [0.717, 1.165) is 11.1 Å². The quantitative estimate of drug-likeness (QED) is 0.728. The average Bonchev–Trinajstić information content (AvgIpc) is 2.12. The number of benzene rings is 1. The first-order valence-electron chi connectivity index (χ1n) is 4.08. The lowest BCUT2D eigenvalue weighted by Crippen LogP contribution is -1.96. The minimum Gasteiger partial charge on any atom is -0.504 e. The van der Waals surface area contributed by atoms with E-state index >= 15 is 0 Å². The van der Waals surface area contributed by atoms with Crippen molar-refractivity contribution < 1.29 is 14.9 Å². The summed E-state index contributed by atoms with van der Waals surface area (Å²) < 4.78 is 4.96. The summed E-state index contributed by atoms with van der Waals surface area (Å²) >= 11 is 0. The van der Waals surface area contributed by atoms with Gasteiger partial charge in [0.05, 0.1) is 13.7 Å². The smallest absolute Gasteiger partial charge is 0.163 e. The van der Waals surface area contributed by atoms with Crippen LogP contribution in [0.3, 0.4) is 0 Å². The van der Waals surface area contributed by atoms with Gasteiger partial charge in [0, 0.05) is 5.56 Å². The molecule has 1 aromatic carbocycles. The molecule has 2 N–H and O–H groups in total. The number of hydrogen-bond acceptors (Lipinski definition) is 3. The number of phenols is 1. The molecule has 0 fully saturated rings. The number of aliphatic hydroxyl groups is 1. The van der Waals surface area contributed by atoms with E-state index < -0.39 is 0 Å². The molecule has 0 unspecified atom stereocenters. The Morgan fingerprint density at radius 2 is 2.00 bits per heavy atom. The normalized spacial score (nSPS) is 10.2. The highest BCUT2D eigenvalue weighted by Crippen LogP contribution is 2.34. The molecule has 0 saturated heterocycles. The van der Waals surface area contributed by atoms with Crippen molar-refractivity contribution in [2.75, 3.05) is 7.11 Å². The van der Waals surface area contributed by atoms with Crippen molar-refractivity contribution in [1.29, 1.82) is 0 Å². The SMILES string of the molecule is COc1cc(C)c(C)c(CO)c1O. The zero-order valence-corrected chi connectivity index (χ0v) is 8.09. The number of aryl methyl sites for hydroxylation is 1. The Kier molecular flexibility index (Phi) is 2.78. The van der Waals surface area contributed by atoms with E-state index in [9.17, 15) is 5.11 Å². The first-order chi connectivity index (χ1) is 6.11. The number of hydrogen-bond donors (Lipinski definition) is 2. The third kappa shape index (κ3) is 1.60. The highest BCUT2D eigenvalue weighted by Gasteiger charge is 2.12. The molecule has 72 valence electrons. The summed E-state index contributed by atoms with van der Waals surface area (Å²) in [6, 6.07) is 1.75. The largest absolute Gasteiger partial charge is 0.504 e. The van der Waals surface area contributed by atoms with Crippen LogP contribution in [0.1, 0.15) is 16.7 Å². The van der Waals surface area contributed by atoms with Gasteiger partial charge in [-0.15, -0.1) is 0 Å². The van der Waals surface area contributed by atoms with Gasteiger partial charge in [0.25, 0.3) is 0 Å². The molecule has 0 atom stereocenters. The summed E-state index contributed by atoms with van der Waals surface area (Å²) in [5.74, 6) is 0.445. The van der Waals surface area contributed by atoms with Crippen LogP contribution >= 0.6 is 0 Å². The second-order valence-corrected chi connectivity index (χ2v) is 3.01. The molecular weight excluding hydrogens is 168 g/mol. The topological polar surface area (TPSA) is 49.7 Å². The lowest BCUT2D eigenvalue weighted by atomic mass is 10.0. The van der Waals surface area contributed by atoms with Crippen LogP contribution in [-0.2, 0) is 6.61 Å². The van der Waals surface area contributed by atoms with Crippen LogP contribution in [-0.4, -0.2) is 17.3 Å². The molecule has 0 saturated carbocycles. The first-order valence-corrected chi connectivity index (χ1v) is 4.08. The Morgan fingerprint density at radius 3 is 2.46 bits per heavy atom. The van der Waals surface area contributed by atoms with Gasteiger partial charge in [0.1, 0.15) is 0 Å². The van der Waals surface area contributed by atoms with Gasteiger partial charge in [0.2, 0.25) is 0 Å². The van der Waals surface area contributed by atoms with Crippen LogP contribution in [0.4, 0.5) is 0 Å². The van der Waals surface area contributed by atoms with E-state index in [4.69, 9.17) is 9.84 Å². The summed E-state index contributed by atoms with van der Waals surface area (Å²) in [7, 11) is 1.49. The zero-order valence-electron chi connectivity index (χ0n) is 8.09. The van der Waals surface area contributed by atoms with Crippen molar-refractivity contribution in [2.24, 2.45) is 0 Å². The highest BCUT2D eigenvalue weighted by molar-refractivity contribution is 5.52. The standard InChI is InChI=1S/C10H14O3/c1-6-4-9(13-3)10(12)8(5-11)7(6)2/h4,11-12H,5H2,1-3H3. The fraction of sp³-hybridized carbons (Fsp3) is 0.400. The van der Waals surface area contributed by atoms with Gasteiger partial charge in [0.15, 0.2) is 11.5 Å². The molecule has 0 spiro atoms. The predicted octanol–water partition coefficient (Wildman–Crippen LogP) is 1.51. The number of rotatable bonds is 2. The molecule has 0 aliphatic carbocycles. The van der Waals surface area contributed by atoms with Crippen LogP contribution in [0.15, 0.2) is 6.07 Å². The molecule has 1 rings (SSSR count). The van der Waals surface area contributed by atoms with E-state index in [1.165, 1.54) is 7.11 Å². The number of methoxy groups -OCH3 is 1. The number of aromatic hydroxyl groups is 1. The van der Waals surface area contributed by atoms with Crippen molar-refractivity contribution >= 4 is 0 Å². The van der Waals surface area contributed by atoms with Gasteiger partial charge in [-0.1, -0.05) is 0 Å². The molecule has 0 heterocycles. The van der Waals surface area contributed by atoms with Gasteiger partial charge in [-0.25, -0.2) is 0 Å². The highest BCUT2D eigenvalue weighted by atomic mass is 16.5. The summed E-state index contributed by atoms with van der Waals surface area (Å²) in [6.45, 7) is 3.60. The molecule has 1 aromatic rings. The predicted molar refractivity (Wildman–Crippen MR) is 50.1 cm³/mol. The Morgan fingerprint density at radius 1 is 1.38 bits per heavy atom. The van der Waals surface area contributed by atoms with E-state index in [1.54, 1.807) is 6.07 Å². The van der Waals surface area contributed by atoms with Crippen LogP contribution in [0.25, 0.3) is 0 Å². The van der Waals surface area contributed by atoms with E-state index in [1.807, 2.05) is 13.8 Å². The fourth-order valence-electron chi connectivity index (χ4n) is 1.29. The van der Waals surface area contributed by atoms with Crippen molar-refractivity contribution in [3.05, 3.63) is 22.8 Å². The monoisotopic (exact) mass is 182 g/mol. The van der Waals surface area contributed by atoms with Crippen molar-refractivity contribution in [3.8, 4) is 11.5 Å². The fourth-order valence-corrected chi connectivity index (χ4v) is 1.29. The molecule has 0 bridgehead atoms. The Bertz CT molecular complexity index is 318. The maximum Gasteiger partial charge on any atom is 0.163 e. The van der Waals surface area contributed by atoms with Gasteiger partial charge >= 0.3 is 0 Å². The Balaban J connectivity index is 3.39. The third-order valence-corrected chi connectivity index (χ3v) is 2.29. The van der Waals surface area contributed by atoms with Gasteiger partial charge in [-0.2, -0.15) is 0 Å². The van der Waals surface area contributed by atoms with Crippen molar-refractivity contribution in [1.82, 2.24) is 0 Å². The van der Waals surface area contributed by atoms with Crippen molar-refractivity contribution in [2.45, 2.75) is 20.5 Å². The van der Waals surface area contributed by atoms with Gasteiger partial charge in [-0.05, 0) is 31.0 Å². The summed E-state index contributed by atoms with van der Waals surface area (Å²) in [6.07, 6.45) is 0. The number of aliphatic hydroxyl groups excluding tert-OH is 1. The molecule has 0 aromatic heterocycles. The number of ether oxygens (including phenoxy) is 1. The Labute approximate surface area is 77.6 Å². The maximum absolute atomic E-state index is 9.61. The molecule has 0 aliphatic rings. The summed E-state index contributed by atoms with van der Waals surface area (Å²) in [4.78, 5) is 0. The minimum atomic E-state index is -0.171. The molecule has 0 aliphatic heterocycles. The second kappa shape index (κ2) is 3.66. The van der Waals surface area contributed by atoms with Crippen molar-refractivity contribution in [3.63, 3.8) is 0 Å².